The van der Waals surface area contributed by atoms with Gasteiger partial charge in [-0.05, 0) is 34.9 Å². The average molecular weight is 344 g/mol. The molecule has 0 unspecified atom stereocenters. The molecule has 0 radical (unpaired) electrons. The van der Waals surface area contributed by atoms with E-state index in [1.807, 2.05) is 24.3 Å². The van der Waals surface area contributed by atoms with Gasteiger partial charge >= 0.3 is 0 Å². The van der Waals surface area contributed by atoms with E-state index in [1.54, 1.807) is 12.1 Å². The van der Waals surface area contributed by atoms with Crippen molar-refractivity contribution in [1.29, 1.82) is 0 Å². The second kappa shape index (κ2) is 5.11. The van der Waals surface area contributed by atoms with Gasteiger partial charge in [-0.2, -0.15) is 0 Å². The van der Waals surface area contributed by atoms with E-state index >= 15 is 0 Å². The van der Waals surface area contributed by atoms with Gasteiger partial charge < -0.3 is 0 Å². The summed E-state index contributed by atoms with van der Waals surface area (Å²) >= 11 is 6.95. The summed E-state index contributed by atoms with van der Waals surface area (Å²) in [7, 11) is 0. The van der Waals surface area contributed by atoms with Crippen LogP contribution < -0.4 is 0 Å². The van der Waals surface area contributed by atoms with E-state index in [0.29, 0.717) is 0 Å². The third-order valence-corrected chi connectivity index (χ3v) is 3.69. The summed E-state index contributed by atoms with van der Waals surface area (Å²) in [6, 6.07) is 12.6. The van der Waals surface area contributed by atoms with Crippen LogP contribution in [0.2, 0.25) is 0 Å². The lowest BCUT2D eigenvalue weighted by Gasteiger charge is -2.09. The summed E-state index contributed by atoms with van der Waals surface area (Å²) in [4.78, 5) is 0. The maximum absolute atomic E-state index is 13.2. The Labute approximate surface area is 111 Å². The monoisotopic (exact) mass is 342 g/mol. The molecule has 0 aliphatic heterocycles. The minimum absolute atomic E-state index is 0.210. The molecule has 0 fully saturated rings. The number of hydrogen-bond donors (Lipinski definition) is 0. The van der Waals surface area contributed by atoms with Crippen molar-refractivity contribution in [2.75, 3.05) is 0 Å². The minimum atomic E-state index is -0.210. The molecule has 0 bridgehead atoms. The Hall–Kier alpha value is -0.670. The standard InChI is InChI=1S/C13H9Br2F/c14-8-12-11(5-2-6-13(12)15)9-3-1-4-10(16)7-9/h1-7H,8H2. The molecule has 0 N–H and O–H groups in total. The Bertz CT molecular complexity index is 509. The SMILES string of the molecule is Fc1cccc(-c2cccc(Br)c2CBr)c1. The Balaban J connectivity index is 2.60. The molecule has 3 heteroatoms. The molecule has 2 aromatic rings. The Morgan fingerprint density at radius 3 is 2.50 bits per heavy atom. The zero-order valence-corrected chi connectivity index (χ0v) is 11.6. The van der Waals surface area contributed by atoms with Crippen molar-refractivity contribution in [3.05, 3.63) is 58.3 Å². The molecule has 0 nitrogen and oxygen atoms in total. The Morgan fingerprint density at radius 1 is 1.06 bits per heavy atom. The van der Waals surface area contributed by atoms with Crippen LogP contribution in [-0.4, -0.2) is 0 Å². The van der Waals surface area contributed by atoms with Crippen LogP contribution in [0.3, 0.4) is 0 Å². The zero-order chi connectivity index (χ0) is 11.5. The molecule has 0 atom stereocenters. The van der Waals surface area contributed by atoms with Crippen LogP contribution in [0.5, 0.6) is 0 Å². The Morgan fingerprint density at radius 2 is 1.81 bits per heavy atom. The van der Waals surface area contributed by atoms with Crippen LogP contribution in [0.1, 0.15) is 5.56 Å². The van der Waals surface area contributed by atoms with Crippen molar-refractivity contribution < 1.29 is 4.39 Å². The molecule has 0 heterocycles. The highest BCUT2D eigenvalue weighted by molar-refractivity contribution is 9.10. The number of halogens is 3. The van der Waals surface area contributed by atoms with Gasteiger partial charge in [-0.15, -0.1) is 0 Å². The maximum atomic E-state index is 13.2. The van der Waals surface area contributed by atoms with Crippen LogP contribution in [0.15, 0.2) is 46.9 Å². The summed E-state index contributed by atoms with van der Waals surface area (Å²) in [6.07, 6.45) is 0. The molecular weight excluding hydrogens is 335 g/mol. The molecule has 0 saturated carbocycles. The van der Waals surface area contributed by atoms with E-state index in [2.05, 4.69) is 31.9 Å². The molecule has 2 rings (SSSR count). The summed E-state index contributed by atoms with van der Waals surface area (Å²) in [5, 5.41) is 0.736. The first kappa shape index (κ1) is 11.8. The first-order valence-electron chi connectivity index (χ1n) is 4.81. The van der Waals surface area contributed by atoms with Crippen LogP contribution in [0.25, 0.3) is 11.1 Å². The zero-order valence-electron chi connectivity index (χ0n) is 8.38. The van der Waals surface area contributed by atoms with Crippen molar-refractivity contribution in [1.82, 2.24) is 0 Å². The molecule has 0 aromatic heterocycles. The lowest BCUT2D eigenvalue weighted by atomic mass is 10.0. The van der Waals surface area contributed by atoms with Gasteiger partial charge in [0.05, 0.1) is 0 Å². The maximum Gasteiger partial charge on any atom is 0.123 e. The molecule has 0 saturated heterocycles. The van der Waals surface area contributed by atoms with E-state index in [4.69, 9.17) is 0 Å². The third kappa shape index (κ3) is 2.36. The second-order valence-corrected chi connectivity index (χ2v) is 4.82. The van der Waals surface area contributed by atoms with Gasteiger partial charge in [0, 0.05) is 9.80 Å². The smallest absolute Gasteiger partial charge is 0.123 e. The van der Waals surface area contributed by atoms with Crippen LogP contribution in [0.4, 0.5) is 4.39 Å². The lowest BCUT2D eigenvalue weighted by Crippen LogP contribution is -1.88. The molecule has 16 heavy (non-hydrogen) atoms. The molecule has 0 aliphatic carbocycles. The van der Waals surface area contributed by atoms with Crippen LogP contribution >= 0.6 is 31.9 Å². The second-order valence-electron chi connectivity index (χ2n) is 3.41. The van der Waals surface area contributed by atoms with Gasteiger partial charge in [0.1, 0.15) is 5.82 Å². The molecule has 0 spiro atoms. The van der Waals surface area contributed by atoms with Crippen molar-refractivity contribution in [2.24, 2.45) is 0 Å². The number of benzene rings is 2. The third-order valence-electron chi connectivity index (χ3n) is 2.39. The van der Waals surface area contributed by atoms with Gasteiger partial charge in [0.15, 0.2) is 0 Å². The van der Waals surface area contributed by atoms with Gasteiger partial charge in [-0.3, -0.25) is 0 Å². The van der Waals surface area contributed by atoms with Gasteiger partial charge in [0.25, 0.3) is 0 Å². The van der Waals surface area contributed by atoms with Crippen LogP contribution in [0, 0.1) is 5.82 Å². The molecule has 0 amide bonds. The Kier molecular flexibility index (Phi) is 3.77. The highest BCUT2D eigenvalue weighted by Crippen LogP contribution is 2.31. The van der Waals surface area contributed by atoms with Gasteiger partial charge in [0.2, 0.25) is 0 Å². The summed E-state index contributed by atoms with van der Waals surface area (Å²) in [5.74, 6) is -0.210. The first-order valence-corrected chi connectivity index (χ1v) is 6.73. The number of hydrogen-bond acceptors (Lipinski definition) is 0. The van der Waals surface area contributed by atoms with Gasteiger partial charge in [-0.1, -0.05) is 56.1 Å². The van der Waals surface area contributed by atoms with E-state index in [-0.39, 0.29) is 5.82 Å². The van der Waals surface area contributed by atoms with E-state index in [0.717, 1.165) is 26.5 Å². The largest absolute Gasteiger partial charge is 0.207 e. The van der Waals surface area contributed by atoms with Crippen molar-refractivity contribution in [2.45, 2.75) is 5.33 Å². The lowest BCUT2D eigenvalue weighted by molar-refractivity contribution is 0.628. The predicted octanol–water partition coefficient (Wildman–Crippen LogP) is 5.15. The predicted molar refractivity (Wildman–Crippen MR) is 72.2 cm³/mol. The molecule has 2 aromatic carbocycles. The number of alkyl halides is 1. The van der Waals surface area contributed by atoms with E-state index in [9.17, 15) is 4.39 Å². The molecule has 0 aliphatic rings. The summed E-state index contributed by atoms with van der Waals surface area (Å²) in [6.45, 7) is 0. The van der Waals surface area contributed by atoms with Crippen molar-refractivity contribution in [3.8, 4) is 11.1 Å². The quantitative estimate of drug-likeness (QED) is 0.661. The fraction of sp³-hybridized carbons (Fsp3) is 0.0769. The fourth-order valence-corrected chi connectivity index (χ4v) is 3.11. The van der Waals surface area contributed by atoms with Crippen LogP contribution in [-0.2, 0) is 5.33 Å². The average Bonchev–Trinajstić information content (AvgIpc) is 2.28. The number of rotatable bonds is 2. The summed E-state index contributed by atoms with van der Waals surface area (Å²) < 4.78 is 14.2. The topological polar surface area (TPSA) is 0 Å². The van der Waals surface area contributed by atoms with Gasteiger partial charge in [-0.25, -0.2) is 4.39 Å². The molecular formula is C13H9Br2F. The molecule has 82 valence electrons. The van der Waals surface area contributed by atoms with E-state index in [1.165, 1.54) is 6.07 Å². The summed E-state index contributed by atoms with van der Waals surface area (Å²) in [5.41, 5.74) is 3.08. The minimum Gasteiger partial charge on any atom is -0.207 e. The highest BCUT2D eigenvalue weighted by Gasteiger charge is 2.07. The fourth-order valence-electron chi connectivity index (χ4n) is 1.62. The van der Waals surface area contributed by atoms with Crippen molar-refractivity contribution in [3.63, 3.8) is 0 Å². The first-order chi connectivity index (χ1) is 7.72. The highest BCUT2D eigenvalue weighted by atomic mass is 79.9. The van der Waals surface area contributed by atoms with Crippen molar-refractivity contribution >= 4 is 31.9 Å². The van der Waals surface area contributed by atoms with E-state index < -0.39 is 0 Å². The normalized spacial score (nSPS) is 10.4.